The number of rotatable bonds is 5. The van der Waals surface area contributed by atoms with Gasteiger partial charge in [0.1, 0.15) is 22.1 Å². The van der Waals surface area contributed by atoms with Gasteiger partial charge >= 0.3 is 10.1 Å². The molecule has 4 rings (SSSR count). The van der Waals surface area contributed by atoms with E-state index in [1.165, 1.54) is 24.3 Å². The molecule has 0 fully saturated rings. The van der Waals surface area contributed by atoms with Gasteiger partial charge in [-0.3, -0.25) is 0 Å². The van der Waals surface area contributed by atoms with Gasteiger partial charge in [-0.15, -0.1) is 0 Å². The molecule has 8 heteroatoms. The molecule has 0 saturated heterocycles. The third-order valence-corrected chi connectivity index (χ3v) is 5.96. The number of nitrogens with zero attached hydrogens (tertiary/aromatic N) is 2. The van der Waals surface area contributed by atoms with Gasteiger partial charge in [-0.1, -0.05) is 47.5 Å². The van der Waals surface area contributed by atoms with E-state index in [0.717, 1.165) is 5.56 Å². The Labute approximate surface area is 184 Å². The van der Waals surface area contributed by atoms with Gasteiger partial charge in [-0.05, 0) is 55.0 Å². The fraction of sp³-hybridized carbons (Fsp3) is 0.0435. The van der Waals surface area contributed by atoms with Crippen LogP contribution in [-0.4, -0.2) is 13.4 Å². The molecule has 0 radical (unpaired) electrons. The van der Waals surface area contributed by atoms with Crippen LogP contribution in [0.25, 0.3) is 22.7 Å². The standard InChI is InChI=1S/C23H15ClN2O4S/c1-15-6-9-18(10-7-15)31(27,28)30-21-11-8-16(13-19(21)24)12-17(14-25)23-26-20-4-2-3-5-22(20)29-23/h2-13H,1H3/b17-12+. The lowest BCUT2D eigenvalue weighted by molar-refractivity contribution is 0.486. The number of benzene rings is 3. The molecule has 154 valence electrons. The minimum atomic E-state index is -4.03. The number of aryl methyl sites for hydroxylation is 1. The van der Waals surface area contributed by atoms with Crippen molar-refractivity contribution in [1.82, 2.24) is 4.98 Å². The number of fused-ring (bicyclic) bond motifs is 1. The molecule has 0 atom stereocenters. The number of allylic oxidation sites excluding steroid dienone is 1. The summed E-state index contributed by atoms with van der Waals surface area (Å²) in [5.41, 5.74) is 2.90. The minimum Gasteiger partial charge on any atom is -0.435 e. The number of aromatic nitrogens is 1. The molecule has 0 aliphatic heterocycles. The maximum Gasteiger partial charge on any atom is 0.339 e. The highest BCUT2D eigenvalue weighted by Crippen LogP contribution is 2.30. The highest BCUT2D eigenvalue weighted by Gasteiger charge is 2.18. The Balaban J connectivity index is 1.62. The van der Waals surface area contributed by atoms with Gasteiger partial charge in [0.2, 0.25) is 5.89 Å². The molecule has 1 heterocycles. The second kappa shape index (κ2) is 8.26. The van der Waals surface area contributed by atoms with Gasteiger partial charge in [-0.2, -0.15) is 13.7 Å². The second-order valence-corrected chi connectivity index (χ2v) is 8.65. The normalized spacial score (nSPS) is 12.0. The summed E-state index contributed by atoms with van der Waals surface area (Å²) in [7, 11) is -4.03. The quantitative estimate of drug-likeness (QED) is 0.289. The van der Waals surface area contributed by atoms with Gasteiger partial charge in [0, 0.05) is 0 Å². The van der Waals surface area contributed by atoms with Crippen molar-refractivity contribution in [3.8, 4) is 11.8 Å². The average molecular weight is 451 g/mol. The highest BCUT2D eigenvalue weighted by atomic mass is 35.5. The number of halogens is 1. The summed E-state index contributed by atoms with van der Waals surface area (Å²) in [5, 5.41) is 9.62. The Morgan fingerprint density at radius 2 is 1.87 bits per heavy atom. The molecule has 4 aromatic rings. The fourth-order valence-electron chi connectivity index (χ4n) is 2.84. The van der Waals surface area contributed by atoms with Crippen LogP contribution in [0.1, 0.15) is 17.0 Å². The Kier molecular flexibility index (Phi) is 5.51. The molecule has 1 aromatic heterocycles. The smallest absolute Gasteiger partial charge is 0.339 e. The van der Waals surface area contributed by atoms with E-state index >= 15 is 0 Å². The van der Waals surface area contributed by atoms with Crippen molar-refractivity contribution in [3.05, 3.63) is 88.8 Å². The minimum absolute atomic E-state index is 0.0141. The van der Waals surface area contributed by atoms with Crippen molar-refractivity contribution in [2.45, 2.75) is 11.8 Å². The molecule has 0 bridgehead atoms. The van der Waals surface area contributed by atoms with E-state index in [2.05, 4.69) is 11.1 Å². The largest absolute Gasteiger partial charge is 0.435 e. The third-order valence-electron chi connectivity index (χ3n) is 4.42. The first-order valence-corrected chi connectivity index (χ1v) is 10.9. The predicted octanol–water partition coefficient (Wildman–Crippen LogP) is 5.62. The molecule has 0 aliphatic rings. The van der Waals surface area contributed by atoms with E-state index < -0.39 is 10.1 Å². The summed E-state index contributed by atoms with van der Waals surface area (Å²) < 4.78 is 35.8. The van der Waals surface area contributed by atoms with Gasteiger partial charge in [-0.25, -0.2) is 4.98 Å². The van der Waals surface area contributed by atoms with Gasteiger partial charge in [0.25, 0.3) is 0 Å². The van der Waals surface area contributed by atoms with Crippen LogP contribution in [0, 0.1) is 18.3 Å². The zero-order valence-corrected chi connectivity index (χ0v) is 17.8. The van der Waals surface area contributed by atoms with Crippen LogP contribution in [0.4, 0.5) is 0 Å². The van der Waals surface area contributed by atoms with E-state index in [-0.39, 0.29) is 27.1 Å². The highest BCUT2D eigenvalue weighted by molar-refractivity contribution is 7.87. The van der Waals surface area contributed by atoms with Crippen LogP contribution in [0.3, 0.4) is 0 Å². The molecular weight excluding hydrogens is 436 g/mol. The summed E-state index contributed by atoms with van der Waals surface area (Å²) in [6.45, 7) is 1.86. The molecule has 0 saturated carbocycles. The molecule has 0 N–H and O–H groups in total. The monoisotopic (exact) mass is 450 g/mol. The summed E-state index contributed by atoms with van der Waals surface area (Å²) in [4.78, 5) is 4.34. The number of hydrogen-bond donors (Lipinski definition) is 0. The number of oxazole rings is 1. The van der Waals surface area contributed by atoms with E-state index in [1.54, 1.807) is 36.4 Å². The summed E-state index contributed by atoms with van der Waals surface area (Å²) in [6.07, 6.45) is 1.55. The van der Waals surface area contributed by atoms with E-state index in [9.17, 15) is 13.7 Å². The second-order valence-electron chi connectivity index (χ2n) is 6.70. The summed E-state index contributed by atoms with van der Waals surface area (Å²) in [6, 6.07) is 20.1. The Morgan fingerprint density at radius 1 is 1.13 bits per heavy atom. The Hall–Kier alpha value is -3.60. The van der Waals surface area contributed by atoms with E-state index in [1.807, 2.05) is 19.1 Å². The summed E-state index contributed by atoms with van der Waals surface area (Å²) >= 11 is 6.24. The Morgan fingerprint density at radius 3 is 2.55 bits per heavy atom. The van der Waals surface area contributed by atoms with Crippen LogP contribution in [-0.2, 0) is 10.1 Å². The van der Waals surface area contributed by atoms with Crippen molar-refractivity contribution in [2.75, 3.05) is 0 Å². The molecule has 0 spiro atoms. The topological polar surface area (TPSA) is 93.2 Å². The van der Waals surface area contributed by atoms with Crippen molar-refractivity contribution in [2.24, 2.45) is 0 Å². The number of para-hydroxylation sites is 2. The summed E-state index contributed by atoms with van der Waals surface area (Å²) in [5.74, 6) is 0.168. The lowest BCUT2D eigenvalue weighted by Crippen LogP contribution is -2.10. The lowest BCUT2D eigenvalue weighted by Gasteiger charge is -2.09. The van der Waals surface area contributed by atoms with Crippen LogP contribution >= 0.6 is 11.6 Å². The lowest BCUT2D eigenvalue weighted by atomic mass is 10.1. The zero-order chi connectivity index (χ0) is 22.0. The number of hydrogen-bond acceptors (Lipinski definition) is 6. The van der Waals surface area contributed by atoms with Gasteiger partial charge in [0.05, 0.1) is 5.02 Å². The zero-order valence-electron chi connectivity index (χ0n) is 16.2. The fourth-order valence-corrected chi connectivity index (χ4v) is 4.06. The third kappa shape index (κ3) is 4.45. The molecule has 6 nitrogen and oxygen atoms in total. The van der Waals surface area contributed by atoms with E-state index in [4.69, 9.17) is 20.2 Å². The first kappa shape index (κ1) is 20.7. The van der Waals surface area contributed by atoms with Crippen molar-refractivity contribution < 1.29 is 17.0 Å². The molecule has 0 aliphatic carbocycles. The van der Waals surface area contributed by atoms with Crippen molar-refractivity contribution in [1.29, 1.82) is 5.26 Å². The molecule has 0 unspecified atom stereocenters. The molecule has 3 aromatic carbocycles. The maximum absolute atomic E-state index is 12.5. The van der Waals surface area contributed by atoms with E-state index in [0.29, 0.717) is 16.7 Å². The average Bonchev–Trinajstić information content (AvgIpc) is 3.18. The SMILES string of the molecule is Cc1ccc(S(=O)(=O)Oc2ccc(/C=C(\C#N)c3nc4ccccc4o3)cc2Cl)cc1. The van der Waals surface area contributed by atoms with Crippen molar-refractivity contribution >= 4 is 44.5 Å². The predicted molar refractivity (Wildman–Crippen MR) is 118 cm³/mol. The first-order valence-electron chi connectivity index (χ1n) is 9.14. The van der Waals surface area contributed by atoms with Crippen LogP contribution in [0.2, 0.25) is 5.02 Å². The van der Waals surface area contributed by atoms with Crippen molar-refractivity contribution in [3.63, 3.8) is 0 Å². The number of nitriles is 1. The van der Waals surface area contributed by atoms with Crippen LogP contribution < -0.4 is 4.18 Å². The molecular formula is C23H15ClN2O4S. The molecule has 0 amide bonds. The van der Waals surface area contributed by atoms with Crippen LogP contribution in [0.15, 0.2) is 76.0 Å². The first-order chi connectivity index (χ1) is 14.9. The van der Waals surface area contributed by atoms with Crippen LogP contribution in [0.5, 0.6) is 5.75 Å². The molecule has 31 heavy (non-hydrogen) atoms. The Bertz CT molecular complexity index is 1420. The van der Waals surface area contributed by atoms with Gasteiger partial charge < -0.3 is 8.60 Å². The van der Waals surface area contributed by atoms with Gasteiger partial charge in [0.15, 0.2) is 11.3 Å². The maximum atomic E-state index is 12.5.